The molecular weight excluding hydrogens is 188 g/mol. The lowest BCUT2D eigenvalue weighted by atomic mass is 9.97. The molecule has 1 unspecified atom stereocenters. The van der Waals surface area contributed by atoms with Crippen molar-refractivity contribution in [3.05, 3.63) is 18.2 Å². The summed E-state index contributed by atoms with van der Waals surface area (Å²) in [6, 6.07) is 0. The zero-order valence-corrected chi connectivity index (χ0v) is 10.0. The zero-order valence-electron chi connectivity index (χ0n) is 10.0. The predicted octanol–water partition coefficient (Wildman–Crippen LogP) is 2.69. The molecule has 1 N–H and O–H groups in total. The van der Waals surface area contributed by atoms with Gasteiger partial charge in [-0.25, -0.2) is 4.98 Å². The highest BCUT2D eigenvalue weighted by atomic mass is 16.3. The van der Waals surface area contributed by atoms with Crippen molar-refractivity contribution in [2.24, 2.45) is 0 Å². The summed E-state index contributed by atoms with van der Waals surface area (Å²) in [6.07, 6.45) is 7.87. The summed E-state index contributed by atoms with van der Waals surface area (Å²) in [4.78, 5) is 4.25. The van der Waals surface area contributed by atoms with Crippen LogP contribution in [-0.4, -0.2) is 14.7 Å². The SMILES string of the molecule is CCCCCC(C)(O)c1nccn1CC. The van der Waals surface area contributed by atoms with Gasteiger partial charge in [-0.3, -0.25) is 0 Å². The van der Waals surface area contributed by atoms with Crippen LogP contribution in [0.5, 0.6) is 0 Å². The van der Waals surface area contributed by atoms with E-state index < -0.39 is 5.60 Å². The molecule has 0 fully saturated rings. The van der Waals surface area contributed by atoms with E-state index in [1.54, 1.807) is 6.20 Å². The van der Waals surface area contributed by atoms with Gasteiger partial charge in [-0.2, -0.15) is 0 Å². The van der Waals surface area contributed by atoms with Crippen molar-refractivity contribution in [2.75, 3.05) is 0 Å². The van der Waals surface area contributed by atoms with Crippen LogP contribution in [-0.2, 0) is 12.1 Å². The summed E-state index contributed by atoms with van der Waals surface area (Å²) in [7, 11) is 0. The zero-order chi connectivity index (χ0) is 11.3. The minimum absolute atomic E-state index is 0.783. The quantitative estimate of drug-likeness (QED) is 0.733. The normalized spacial score (nSPS) is 15.2. The molecule has 1 aromatic rings. The van der Waals surface area contributed by atoms with Gasteiger partial charge in [0, 0.05) is 18.9 Å². The molecule has 1 atom stereocenters. The number of imidazole rings is 1. The van der Waals surface area contributed by atoms with Crippen LogP contribution in [0.25, 0.3) is 0 Å². The van der Waals surface area contributed by atoms with Gasteiger partial charge in [-0.05, 0) is 20.3 Å². The average molecular weight is 210 g/mol. The van der Waals surface area contributed by atoms with Crippen LogP contribution >= 0.6 is 0 Å². The second-order valence-electron chi connectivity index (χ2n) is 4.27. The van der Waals surface area contributed by atoms with Gasteiger partial charge in [0.25, 0.3) is 0 Å². The van der Waals surface area contributed by atoms with Crippen molar-refractivity contribution in [1.29, 1.82) is 0 Å². The van der Waals surface area contributed by atoms with Crippen LogP contribution in [0.2, 0.25) is 0 Å². The van der Waals surface area contributed by atoms with Crippen molar-refractivity contribution in [3.8, 4) is 0 Å². The Morgan fingerprint density at radius 1 is 1.40 bits per heavy atom. The first-order chi connectivity index (χ1) is 7.11. The van der Waals surface area contributed by atoms with Gasteiger partial charge < -0.3 is 9.67 Å². The van der Waals surface area contributed by atoms with E-state index in [2.05, 4.69) is 18.8 Å². The van der Waals surface area contributed by atoms with Crippen LogP contribution in [0.1, 0.15) is 52.3 Å². The van der Waals surface area contributed by atoms with Gasteiger partial charge in [-0.1, -0.05) is 26.2 Å². The van der Waals surface area contributed by atoms with Gasteiger partial charge in [0.1, 0.15) is 11.4 Å². The number of unbranched alkanes of at least 4 members (excludes halogenated alkanes) is 2. The number of hydrogen-bond acceptors (Lipinski definition) is 2. The average Bonchev–Trinajstić information content (AvgIpc) is 2.66. The second kappa shape index (κ2) is 5.31. The van der Waals surface area contributed by atoms with E-state index in [1.807, 2.05) is 17.7 Å². The minimum Gasteiger partial charge on any atom is -0.382 e. The first kappa shape index (κ1) is 12.2. The molecule has 0 bridgehead atoms. The largest absolute Gasteiger partial charge is 0.382 e. The van der Waals surface area contributed by atoms with E-state index in [0.717, 1.165) is 25.2 Å². The lowest BCUT2D eigenvalue weighted by Gasteiger charge is -2.23. The summed E-state index contributed by atoms with van der Waals surface area (Å²) < 4.78 is 2.01. The third-order valence-corrected chi connectivity index (χ3v) is 2.81. The Bertz CT molecular complexity index is 292. The molecule has 86 valence electrons. The highest BCUT2D eigenvalue weighted by Crippen LogP contribution is 2.25. The van der Waals surface area contributed by atoms with Gasteiger partial charge in [0.05, 0.1) is 0 Å². The Hall–Kier alpha value is -0.830. The van der Waals surface area contributed by atoms with Gasteiger partial charge in [0.15, 0.2) is 0 Å². The Balaban J connectivity index is 2.67. The maximum absolute atomic E-state index is 10.3. The Labute approximate surface area is 92.1 Å². The fourth-order valence-electron chi connectivity index (χ4n) is 1.86. The van der Waals surface area contributed by atoms with Gasteiger partial charge >= 0.3 is 0 Å². The molecule has 1 rings (SSSR count). The number of rotatable bonds is 6. The molecule has 0 radical (unpaired) electrons. The van der Waals surface area contributed by atoms with E-state index in [0.29, 0.717) is 0 Å². The Kier molecular flexibility index (Phi) is 4.33. The monoisotopic (exact) mass is 210 g/mol. The van der Waals surface area contributed by atoms with Crippen molar-refractivity contribution >= 4 is 0 Å². The van der Waals surface area contributed by atoms with E-state index in [-0.39, 0.29) is 0 Å². The molecule has 3 heteroatoms. The van der Waals surface area contributed by atoms with E-state index in [4.69, 9.17) is 0 Å². The maximum Gasteiger partial charge on any atom is 0.140 e. The molecule has 1 heterocycles. The third-order valence-electron chi connectivity index (χ3n) is 2.81. The summed E-state index contributed by atoms with van der Waals surface area (Å²) in [5.74, 6) is 0.793. The number of hydrogen-bond donors (Lipinski definition) is 1. The second-order valence-corrected chi connectivity index (χ2v) is 4.27. The molecule has 15 heavy (non-hydrogen) atoms. The fourth-order valence-corrected chi connectivity index (χ4v) is 1.86. The van der Waals surface area contributed by atoms with Crippen LogP contribution in [0.15, 0.2) is 12.4 Å². The van der Waals surface area contributed by atoms with Gasteiger partial charge in [-0.15, -0.1) is 0 Å². The highest BCUT2D eigenvalue weighted by Gasteiger charge is 2.26. The Morgan fingerprint density at radius 3 is 2.73 bits per heavy atom. The smallest absolute Gasteiger partial charge is 0.140 e. The van der Waals surface area contributed by atoms with Crippen LogP contribution in [0, 0.1) is 0 Å². The van der Waals surface area contributed by atoms with Gasteiger partial charge in [0.2, 0.25) is 0 Å². The molecule has 0 aromatic carbocycles. The van der Waals surface area contributed by atoms with E-state index >= 15 is 0 Å². The van der Waals surface area contributed by atoms with Crippen molar-refractivity contribution < 1.29 is 5.11 Å². The third kappa shape index (κ3) is 3.06. The number of nitrogens with zero attached hydrogens (tertiary/aromatic N) is 2. The molecule has 0 aliphatic carbocycles. The summed E-state index contributed by atoms with van der Waals surface area (Å²) >= 11 is 0. The van der Waals surface area contributed by atoms with E-state index in [1.165, 1.54) is 12.8 Å². The molecule has 0 saturated heterocycles. The number of aliphatic hydroxyl groups is 1. The van der Waals surface area contributed by atoms with Crippen LogP contribution in [0.4, 0.5) is 0 Å². The lowest BCUT2D eigenvalue weighted by Crippen LogP contribution is -2.26. The molecule has 0 amide bonds. The summed E-state index contributed by atoms with van der Waals surface area (Å²) in [5.41, 5.74) is -0.783. The first-order valence-electron chi connectivity index (χ1n) is 5.85. The van der Waals surface area contributed by atoms with Crippen molar-refractivity contribution in [3.63, 3.8) is 0 Å². The molecule has 0 aliphatic rings. The van der Waals surface area contributed by atoms with Crippen molar-refractivity contribution in [1.82, 2.24) is 9.55 Å². The lowest BCUT2D eigenvalue weighted by molar-refractivity contribution is 0.0323. The van der Waals surface area contributed by atoms with Crippen molar-refractivity contribution in [2.45, 2.75) is 58.6 Å². The van der Waals surface area contributed by atoms with Crippen LogP contribution < -0.4 is 0 Å². The molecule has 3 nitrogen and oxygen atoms in total. The number of aryl methyl sites for hydroxylation is 1. The standard InChI is InChI=1S/C12H22N2O/c1-4-6-7-8-12(3,15)11-13-9-10-14(11)5-2/h9-10,15H,4-8H2,1-3H3. The molecular formula is C12H22N2O. The minimum atomic E-state index is -0.783. The van der Waals surface area contributed by atoms with E-state index in [9.17, 15) is 5.11 Å². The predicted molar refractivity (Wildman–Crippen MR) is 61.6 cm³/mol. The maximum atomic E-state index is 10.3. The number of aromatic nitrogens is 2. The fraction of sp³-hybridized carbons (Fsp3) is 0.750. The molecule has 0 saturated carbocycles. The first-order valence-corrected chi connectivity index (χ1v) is 5.85. The summed E-state index contributed by atoms with van der Waals surface area (Å²) in [6.45, 7) is 6.95. The molecule has 0 aliphatic heterocycles. The highest BCUT2D eigenvalue weighted by molar-refractivity contribution is 5.03. The Morgan fingerprint density at radius 2 is 2.13 bits per heavy atom. The topological polar surface area (TPSA) is 38.1 Å². The molecule has 1 aromatic heterocycles. The summed E-state index contributed by atoms with van der Waals surface area (Å²) in [5, 5.41) is 10.3. The van der Waals surface area contributed by atoms with Crippen LogP contribution in [0.3, 0.4) is 0 Å². The molecule has 0 spiro atoms.